The Morgan fingerprint density at radius 1 is 0.885 bits per heavy atom. The van der Waals surface area contributed by atoms with Gasteiger partial charge in [0.15, 0.2) is 0 Å². The Bertz CT molecular complexity index is 640. The van der Waals surface area contributed by atoms with Crippen LogP contribution in [0.15, 0.2) is 30.3 Å². The molecule has 0 saturated carbocycles. The van der Waals surface area contributed by atoms with Gasteiger partial charge < -0.3 is 9.80 Å². The summed E-state index contributed by atoms with van der Waals surface area (Å²) in [6, 6.07) is 6.05. The number of hydrogen-bond donors (Lipinski definition) is 0. The maximum atomic E-state index is 12.9. The topological polar surface area (TPSA) is 40.6 Å². The predicted molar refractivity (Wildman–Crippen MR) is 99.8 cm³/mol. The molecule has 0 atom stereocenters. The molecular formula is C21H27FN2O2. The van der Waals surface area contributed by atoms with E-state index in [1.165, 1.54) is 31.1 Å². The van der Waals surface area contributed by atoms with E-state index in [0.717, 1.165) is 44.3 Å². The quantitative estimate of drug-likeness (QED) is 0.776. The summed E-state index contributed by atoms with van der Waals surface area (Å²) in [6.07, 6.45) is 9.38. The zero-order valence-electron chi connectivity index (χ0n) is 15.2. The second-order valence-corrected chi connectivity index (χ2v) is 7.22. The molecule has 2 fully saturated rings. The molecule has 3 rings (SSSR count). The molecule has 0 N–H and O–H groups in total. The molecule has 2 heterocycles. The van der Waals surface area contributed by atoms with Gasteiger partial charge in [-0.3, -0.25) is 9.59 Å². The molecule has 0 bridgehead atoms. The summed E-state index contributed by atoms with van der Waals surface area (Å²) in [7, 11) is 0. The van der Waals surface area contributed by atoms with E-state index in [1.807, 2.05) is 4.90 Å². The van der Waals surface area contributed by atoms with Crippen LogP contribution in [-0.2, 0) is 9.59 Å². The molecule has 0 aromatic heterocycles. The van der Waals surface area contributed by atoms with Crippen molar-refractivity contribution in [1.82, 2.24) is 9.80 Å². The first-order chi connectivity index (χ1) is 12.6. The largest absolute Gasteiger partial charge is 0.342 e. The summed E-state index contributed by atoms with van der Waals surface area (Å²) < 4.78 is 12.9. The van der Waals surface area contributed by atoms with Gasteiger partial charge in [-0.25, -0.2) is 4.39 Å². The van der Waals surface area contributed by atoms with Gasteiger partial charge in [-0.2, -0.15) is 0 Å². The third kappa shape index (κ3) is 4.93. The second-order valence-electron chi connectivity index (χ2n) is 7.22. The van der Waals surface area contributed by atoms with Crippen LogP contribution in [0.2, 0.25) is 0 Å². The van der Waals surface area contributed by atoms with Gasteiger partial charge in [0.2, 0.25) is 11.8 Å². The molecule has 0 aliphatic carbocycles. The summed E-state index contributed by atoms with van der Waals surface area (Å²) >= 11 is 0. The van der Waals surface area contributed by atoms with E-state index in [0.29, 0.717) is 13.1 Å². The summed E-state index contributed by atoms with van der Waals surface area (Å²) in [6.45, 7) is 3.02. The highest BCUT2D eigenvalue weighted by molar-refractivity contribution is 5.92. The Kier molecular flexibility index (Phi) is 6.42. The van der Waals surface area contributed by atoms with Crippen LogP contribution in [-0.4, -0.2) is 47.8 Å². The smallest absolute Gasteiger partial charge is 0.246 e. The molecule has 0 unspecified atom stereocenters. The van der Waals surface area contributed by atoms with Crippen molar-refractivity contribution in [3.05, 3.63) is 41.7 Å². The van der Waals surface area contributed by atoms with Gasteiger partial charge in [0, 0.05) is 38.2 Å². The summed E-state index contributed by atoms with van der Waals surface area (Å²) in [5, 5.41) is 0. The third-order valence-corrected chi connectivity index (χ3v) is 5.36. The van der Waals surface area contributed by atoms with Gasteiger partial charge in [-0.1, -0.05) is 25.0 Å². The average molecular weight is 358 g/mol. The van der Waals surface area contributed by atoms with Crippen molar-refractivity contribution in [2.24, 2.45) is 5.92 Å². The summed E-state index contributed by atoms with van der Waals surface area (Å²) in [4.78, 5) is 28.9. The van der Waals surface area contributed by atoms with Crippen LogP contribution in [0, 0.1) is 11.7 Å². The maximum absolute atomic E-state index is 12.9. The van der Waals surface area contributed by atoms with E-state index in [9.17, 15) is 14.0 Å². The number of hydrogen-bond acceptors (Lipinski definition) is 2. The van der Waals surface area contributed by atoms with Crippen molar-refractivity contribution in [2.45, 2.75) is 38.5 Å². The van der Waals surface area contributed by atoms with Gasteiger partial charge in [0.05, 0.1) is 0 Å². The average Bonchev–Trinajstić information content (AvgIpc) is 2.96. The number of carbonyl (C=O) groups is 2. The van der Waals surface area contributed by atoms with E-state index in [4.69, 9.17) is 0 Å². The molecule has 26 heavy (non-hydrogen) atoms. The number of nitrogens with zero attached hydrogens (tertiary/aromatic N) is 2. The Balaban J connectivity index is 1.48. The van der Waals surface area contributed by atoms with Crippen LogP contribution in [0.25, 0.3) is 6.08 Å². The highest BCUT2D eigenvalue weighted by Crippen LogP contribution is 2.22. The van der Waals surface area contributed by atoms with E-state index >= 15 is 0 Å². The minimum atomic E-state index is -0.287. The first kappa shape index (κ1) is 18.6. The number of rotatable bonds is 3. The molecule has 140 valence electrons. The minimum Gasteiger partial charge on any atom is -0.342 e. The van der Waals surface area contributed by atoms with Crippen LogP contribution < -0.4 is 0 Å². The van der Waals surface area contributed by atoms with Crippen molar-refractivity contribution in [1.29, 1.82) is 0 Å². The highest BCUT2D eigenvalue weighted by Gasteiger charge is 2.29. The number of likely N-dealkylation sites (tertiary alicyclic amines) is 2. The van der Waals surface area contributed by atoms with Crippen molar-refractivity contribution in [2.75, 3.05) is 26.2 Å². The monoisotopic (exact) mass is 358 g/mol. The van der Waals surface area contributed by atoms with Gasteiger partial charge in [-0.05, 0) is 49.5 Å². The Hall–Kier alpha value is -2.17. The summed E-state index contributed by atoms with van der Waals surface area (Å²) in [5.74, 6) is -0.00120. The van der Waals surface area contributed by atoms with Crippen molar-refractivity contribution < 1.29 is 14.0 Å². The first-order valence-electron chi connectivity index (χ1n) is 9.65. The van der Waals surface area contributed by atoms with Gasteiger partial charge in [0.1, 0.15) is 5.82 Å². The lowest BCUT2D eigenvalue weighted by Crippen LogP contribution is -2.44. The summed E-state index contributed by atoms with van der Waals surface area (Å²) in [5.41, 5.74) is 0.797. The van der Waals surface area contributed by atoms with Crippen LogP contribution in [0.5, 0.6) is 0 Å². The number of benzene rings is 1. The van der Waals surface area contributed by atoms with Crippen LogP contribution in [0.3, 0.4) is 0 Å². The lowest BCUT2D eigenvalue weighted by Gasteiger charge is -2.33. The van der Waals surface area contributed by atoms with E-state index < -0.39 is 0 Å². The first-order valence-corrected chi connectivity index (χ1v) is 9.65. The molecule has 2 amide bonds. The zero-order valence-corrected chi connectivity index (χ0v) is 15.2. The zero-order chi connectivity index (χ0) is 18.4. The van der Waals surface area contributed by atoms with Crippen molar-refractivity contribution >= 4 is 17.9 Å². The standard InChI is InChI=1S/C21H27FN2O2/c22-19-8-5-17(6-9-19)7-10-20(25)23-15-11-18(12-16-23)21(26)24-13-3-1-2-4-14-24/h5-10,18H,1-4,11-16H2/b10-7+. The fourth-order valence-electron chi connectivity index (χ4n) is 3.74. The Morgan fingerprint density at radius 2 is 1.50 bits per heavy atom. The molecule has 0 radical (unpaired) electrons. The van der Waals surface area contributed by atoms with E-state index in [-0.39, 0.29) is 23.5 Å². The molecule has 4 nitrogen and oxygen atoms in total. The van der Waals surface area contributed by atoms with Gasteiger partial charge in [0.25, 0.3) is 0 Å². The molecule has 1 aromatic carbocycles. The normalized spacial score (nSPS) is 19.6. The molecule has 1 aromatic rings. The molecule has 5 heteroatoms. The maximum Gasteiger partial charge on any atom is 0.246 e. The molecular weight excluding hydrogens is 331 g/mol. The third-order valence-electron chi connectivity index (χ3n) is 5.36. The second kappa shape index (κ2) is 8.97. The molecule has 2 aliphatic rings. The highest BCUT2D eigenvalue weighted by atomic mass is 19.1. The lowest BCUT2D eigenvalue weighted by atomic mass is 9.95. The predicted octanol–water partition coefficient (Wildman–Crippen LogP) is 3.48. The number of carbonyl (C=O) groups excluding carboxylic acids is 2. The van der Waals surface area contributed by atoms with Gasteiger partial charge in [-0.15, -0.1) is 0 Å². The number of piperidine rings is 1. The van der Waals surface area contributed by atoms with Crippen molar-refractivity contribution in [3.8, 4) is 0 Å². The fourth-order valence-corrected chi connectivity index (χ4v) is 3.74. The van der Waals surface area contributed by atoms with Crippen LogP contribution in [0.1, 0.15) is 44.1 Å². The Morgan fingerprint density at radius 3 is 2.12 bits per heavy atom. The Labute approximate surface area is 154 Å². The van der Waals surface area contributed by atoms with Gasteiger partial charge >= 0.3 is 0 Å². The molecule has 2 saturated heterocycles. The lowest BCUT2D eigenvalue weighted by molar-refractivity contribution is -0.139. The molecule has 2 aliphatic heterocycles. The number of amides is 2. The van der Waals surface area contributed by atoms with Crippen LogP contribution >= 0.6 is 0 Å². The van der Waals surface area contributed by atoms with E-state index in [2.05, 4.69) is 0 Å². The minimum absolute atomic E-state index is 0.0463. The SMILES string of the molecule is O=C(/C=C/c1ccc(F)cc1)N1CCC(C(=O)N2CCCCCC2)CC1. The fraction of sp³-hybridized carbons (Fsp3) is 0.524. The molecule has 0 spiro atoms. The van der Waals surface area contributed by atoms with Crippen molar-refractivity contribution in [3.63, 3.8) is 0 Å². The number of halogens is 1. The van der Waals surface area contributed by atoms with Crippen LogP contribution in [0.4, 0.5) is 4.39 Å². The van der Waals surface area contributed by atoms with E-state index in [1.54, 1.807) is 23.1 Å².